The SMILES string of the molecule is C[C@H](CN[C@H](c1ccccc1)[C@H]1CNc2cc(F)cnc2N1)c1cccc(CC(=O)O)c1. The number of hydrogen-bond donors (Lipinski definition) is 4. The Bertz CT molecular complexity index is 1080. The Kier molecular flexibility index (Phi) is 6.66. The number of carboxylic acids is 1. The molecule has 0 saturated carbocycles. The number of carbonyl (C=O) groups is 1. The Balaban J connectivity index is 1.50. The molecule has 0 spiro atoms. The summed E-state index contributed by atoms with van der Waals surface area (Å²) < 4.78 is 13.5. The molecule has 1 aromatic heterocycles. The number of carboxylic acid groups (broad SMARTS) is 1. The van der Waals surface area contributed by atoms with Crippen molar-refractivity contribution in [1.29, 1.82) is 0 Å². The highest BCUT2D eigenvalue weighted by molar-refractivity contribution is 5.70. The van der Waals surface area contributed by atoms with Crippen molar-refractivity contribution in [3.05, 3.63) is 89.4 Å². The van der Waals surface area contributed by atoms with Crippen LogP contribution in [0.1, 0.15) is 35.6 Å². The van der Waals surface area contributed by atoms with E-state index in [1.165, 1.54) is 12.3 Å². The van der Waals surface area contributed by atoms with Gasteiger partial charge >= 0.3 is 5.97 Å². The molecule has 0 aliphatic carbocycles. The molecule has 6 nitrogen and oxygen atoms in total. The van der Waals surface area contributed by atoms with Gasteiger partial charge in [-0.3, -0.25) is 4.79 Å². The van der Waals surface area contributed by atoms with Crippen molar-refractivity contribution in [2.45, 2.75) is 31.3 Å². The van der Waals surface area contributed by atoms with Gasteiger partial charge in [0.25, 0.3) is 0 Å². The van der Waals surface area contributed by atoms with Crippen LogP contribution in [0, 0.1) is 5.82 Å². The van der Waals surface area contributed by atoms with Gasteiger partial charge in [-0.25, -0.2) is 9.37 Å². The van der Waals surface area contributed by atoms with E-state index >= 15 is 0 Å². The zero-order valence-electron chi connectivity index (χ0n) is 17.9. The summed E-state index contributed by atoms with van der Waals surface area (Å²) in [5.41, 5.74) is 3.70. The number of nitrogens with zero attached hydrogens (tertiary/aromatic N) is 1. The maximum absolute atomic E-state index is 13.5. The molecule has 0 saturated heterocycles. The Morgan fingerprint density at radius 1 is 1.19 bits per heavy atom. The summed E-state index contributed by atoms with van der Waals surface area (Å²) in [7, 11) is 0. The van der Waals surface area contributed by atoms with Gasteiger partial charge in [0.05, 0.1) is 30.4 Å². The summed E-state index contributed by atoms with van der Waals surface area (Å²) in [6.45, 7) is 3.45. The van der Waals surface area contributed by atoms with Gasteiger partial charge in [0, 0.05) is 19.2 Å². The first-order chi connectivity index (χ1) is 15.5. The van der Waals surface area contributed by atoms with Gasteiger partial charge < -0.3 is 21.1 Å². The van der Waals surface area contributed by atoms with Crippen molar-refractivity contribution in [3.63, 3.8) is 0 Å². The van der Waals surface area contributed by atoms with Crippen LogP contribution in [0.3, 0.4) is 0 Å². The lowest BCUT2D eigenvalue weighted by Gasteiger charge is -2.35. The molecule has 2 heterocycles. The molecule has 0 fully saturated rings. The molecule has 3 atom stereocenters. The van der Waals surface area contributed by atoms with Gasteiger partial charge in [-0.1, -0.05) is 61.5 Å². The highest BCUT2D eigenvalue weighted by atomic mass is 19.1. The molecule has 0 amide bonds. The number of aromatic nitrogens is 1. The summed E-state index contributed by atoms with van der Waals surface area (Å²) >= 11 is 0. The van der Waals surface area contributed by atoms with E-state index in [1.54, 1.807) is 0 Å². The monoisotopic (exact) mass is 434 g/mol. The minimum absolute atomic E-state index is 0.00615. The normalized spacial score (nSPS) is 16.9. The molecule has 4 N–H and O–H groups in total. The quantitative estimate of drug-likeness (QED) is 0.425. The molecular formula is C25H27FN4O2. The fraction of sp³-hybridized carbons (Fsp3) is 0.280. The number of rotatable bonds is 8. The van der Waals surface area contributed by atoms with E-state index in [4.69, 9.17) is 5.11 Å². The van der Waals surface area contributed by atoms with Crippen LogP contribution in [-0.2, 0) is 11.2 Å². The zero-order chi connectivity index (χ0) is 22.5. The molecule has 2 aromatic carbocycles. The van der Waals surface area contributed by atoms with E-state index in [1.807, 2.05) is 42.5 Å². The Morgan fingerprint density at radius 3 is 2.75 bits per heavy atom. The number of benzene rings is 2. The summed E-state index contributed by atoms with van der Waals surface area (Å²) in [5.74, 6) is -0.374. The number of fused-ring (bicyclic) bond motifs is 1. The number of hydrogen-bond acceptors (Lipinski definition) is 5. The second kappa shape index (κ2) is 9.78. The van der Waals surface area contributed by atoms with Gasteiger partial charge in [0.1, 0.15) is 11.6 Å². The first-order valence-electron chi connectivity index (χ1n) is 10.7. The van der Waals surface area contributed by atoms with Crippen molar-refractivity contribution in [3.8, 4) is 0 Å². The molecule has 3 aromatic rings. The van der Waals surface area contributed by atoms with Gasteiger partial charge in [-0.05, 0) is 22.6 Å². The van der Waals surface area contributed by atoms with Gasteiger partial charge in [0.2, 0.25) is 0 Å². The van der Waals surface area contributed by atoms with E-state index in [0.29, 0.717) is 24.6 Å². The molecule has 7 heteroatoms. The van der Waals surface area contributed by atoms with Crippen LogP contribution in [0.2, 0.25) is 0 Å². The van der Waals surface area contributed by atoms with Crippen molar-refractivity contribution < 1.29 is 14.3 Å². The number of halogens is 1. The number of nitrogens with one attached hydrogen (secondary N) is 3. The van der Waals surface area contributed by atoms with Crippen LogP contribution >= 0.6 is 0 Å². The second-order valence-corrected chi connectivity index (χ2v) is 8.19. The van der Waals surface area contributed by atoms with E-state index in [0.717, 1.165) is 16.7 Å². The lowest BCUT2D eigenvalue weighted by atomic mass is 9.94. The predicted molar refractivity (Wildman–Crippen MR) is 123 cm³/mol. The minimum Gasteiger partial charge on any atom is -0.481 e. The average molecular weight is 435 g/mol. The van der Waals surface area contributed by atoms with Crippen molar-refractivity contribution >= 4 is 17.5 Å². The van der Waals surface area contributed by atoms with Crippen LogP contribution in [0.25, 0.3) is 0 Å². The molecule has 32 heavy (non-hydrogen) atoms. The number of anilines is 2. The Morgan fingerprint density at radius 2 is 1.97 bits per heavy atom. The molecule has 1 aliphatic rings. The van der Waals surface area contributed by atoms with Crippen LogP contribution in [-0.4, -0.2) is 35.2 Å². The first-order valence-corrected chi connectivity index (χ1v) is 10.7. The van der Waals surface area contributed by atoms with E-state index in [2.05, 4.69) is 40.0 Å². The van der Waals surface area contributed by atoms with Crippen LogP contribution in [0.15, 0.2) is 66.9 Å². The highest BCUT2D eigenvalue weighted by Gasteiger charge is 2.28. The fourth-order valence-electron chi connectivity index (χ4n) is 4.10. The first kappa shape index (κ1) is 21.8. The lowest BCUT2D eigenvalue weighted by Crippen LogP contribution is -2.45. The smallest absolute Gasteiger partial charge is 0.307 e. The van der Waals surface area contributed by atoms with Crippen molar-refractivity contribution in [2.75, 3.05) is 23.7 Å². The van der Waals surface area contributed by atoms with E-state index < -0.39 is 5.97 Å². The van der Waals surface area contributed by atoms with E-state index in [9.17, 15) is 9.18 Å². The van der Waals surface area contributed by atoms with Crippen LogP contribution in [0.4, 0.5) is 15.9 Å². The molecule has 166 valence electrons. The maximum atomic E-state index is 13.5. The van der Waals surface area contributed by atoms with Crippen molar-refractivity contribution in [2.24, 2.45) is 0 Å². The average Bonchev–Trinajstić information content (AvgIpc) is 2.79. The van der Waals surface area contributed by atoms with Crippen molar-refractivity contribution in [1.82, 2.24) is 10.3 Å². The largest absolute Gasteiger partial charge is 0.481 e. The molecule has 4 rings (SSSR count). The summed E-state index contributed by atoms with van der Waals surface area (Å²) in [4.78, 5) is 15.2. The highest BCUT2D eigenvalue weighted by Crippen LogP contribution is 2.29. The molecule has 0 radical (unpaired) electrons. The predicted octanol–water partition coefficient (Wildman–Crippen LogP) is 4.19. The topological polar surface area (TPSA) is 86.3 Å². The lowest BCUT2D eigenvalue weighted by molar-refractivity contribution is -0.136. The van der Waals surface area contributed by atoms with Gasteiger partial charge in [-0.2, -0.15) is 0 Å². The Hall–Kier alpha value is -3.45. The van der Waals surface area contributed by atoms with E-state index in [-0.39, 0.29) is 30.2 Å². The van der Waals surface area contributed by atoms with Crippen LogP contribution in [0.5, 0.6) is 0 Å². The maximum Gasteiger partial charge on any atom is 0.307 e. The molecular weight excluding hydrogens is 407 g/mol. The molecule has 0 bridgehead atoms. The summed E-state index contributed by atoms with van der Waals surface area (Å²) in [5, 5.41) is 19.5. The molecule has 1 aliphatic heterocycles. The standard InChI is InChI=1S/C25H27FN4O2/c1-16(19-9-5-6-17(10-19)11-23(31)32)13-28-24(18-7-3-2-4-8-18)22-15-27-21-12-20(26)14-29-25(21)30-22/h2-10,12,14,16,22,24,27-28H,11,13,15H2,1H3,(H,29,30)(H,31,32)/t16-,22-,24-/m1/s1. The number of aliphatic carboxylic acids is 1. The minimum atomic E-state index is -0.832. The number of pyridine rings is 1. The summed E-state index contributed by atoms with van der Waals surface area (Å²) in [6, 6.07) is 19.4. The third-order valence-corrected chi connectivity index (χ3v) is 5.77. The van der Waals surface area contributed by atoms with Gasteiger partial charge in [0.15, 0.2) is 0 Å². The molecule has 0 unspecified atom stereocenters. The van der Waals surface area contributed by atoms with Gasteiger partial charge in [-0.15, -0.1) is 0 Å². The Labute approximate surface area is 186 Å². The zero-order valence-corrected chi connectivity index (χ0v) is 17.9. The third-order valence-electron chi connectivity index (χ3n) is 5.77. The summed E-state index contributed by atoms with van der Waals surface area (Å²) in [6.07, 6.45) is 1.23. The second-order valence-electron chi connectivity index (χ2n) is 8.19. The third kappa shape index (κ3) is 5.23. The van der Waals surface area contributed by atoms with Crippen LogP contribution < -0.4 is 16.0 Å². The fourth-order valence-corrected chi connectivity index (χ4v) is 4.10.